The van der Waals surface area contributed by atoms with E-state index in [1.807, 2.05) is 31.3 Å². The average Bonchev–Trinajstić information content (AvgIpc) is 2.49. The summed E-state index contributed by atoms with van der Waals surface area (Å²) in [5, 5.41) is 0. The van der Waals surface area contributed by atoms with Gasteiger partial charge in [0, 0.05) is 25.9 Å². The maximum Gasteiger partial charge on any atom is 0.142 e. The van der Waals surface area contributed by atoms with Crippen molar-refractivity contribution in [2.45, 2.75) is 32.6 Å². The fourth-order valence-electron chi connectivity index (χ4n) is 3.12. The van der Waals surface area contributed by atoms with Crippen LogP contribution in [-0.2, 0) is 4.79 Å². The molecule has 0 heterocycles. The number of rotatable bonds is 5. The predicted molar refractivity (Wildman–Crippen MR) is 82.4 cm³/mol. The number of ether oxygens (including phenoxy) is 1. The summed E-state index contributed by atoms with van der Waals surface area (Å²) in [6, 6.07) is 7.98. The number of benzene rings is 1. The van der Waals surface area contributed by atoms with Gasteiger partial charge >= 0.3 is 0 Å². The second-order valence-corrected chi connectivity index (χ2v) is 5.76. The van der Waals surface area contributed by atoms with Crippen LogP contribution in [0.15, 0.2) is 24.3 Å². The highest BCUT2D eigenvalue weighted by Crippen LogP contribution is 2.32. The Morgan fingerprint density at radius 1 is 1.35 bits per heavy atom. The maximum atomic E-state index is 12.1. The van der Waals surface area contributed by atoms with Gasteiger partial charge in [-0.25, -0.2) is 0 Å². The Morgan fingerprint density at radius 2 is 2.10 bits per heavy atom. The van der Waals surface area contributed by atoms with Gasteiger partial charge in [-0.05, 0) is 30.9 Å². The Hall–Kier alpha value is -1.51. The highest BCUT2D eigenvalue weighted by molar-refractivity contribution is 5.82. The molecule has 1 aromatic rings. The number of hydrogen-bond acceptors (Lipinski definition) is 3. The van der Waals surface area contributed by atoms with E-state index in [-0.39, 0.29) is 5.92 Å². The average molecular weight is 275 g/mol. The van der Waals surface area contributed by atoms with E-state index in [1.165, 1.54) is 6.42 Å². The molecule has 1 aliphatic carbocycles. The van der Waals surface area contributed by atoms with E-state index in [0.29, 0.717) is 11.7 Å². The van der Waals surface area contributed by atoms with Gasteiger partial charge in [0.2, 0.25) is 0 Å². The molecule has 1 saturated carbocycles. The smallest absolute Gasteiger partial charge is 0.142 e. The summed E-state index contributed by atoms with van der Waals surface area (Å²) in [6.45, 7) is 3.01. The standard InChI is InChI=1S/C17H25NO2/c1-4-13-9-10-16(19)14(11-13)12-18(2)15-7-5-6-8-17(15)20-3/h5-8,13-14H,4,9-12H2,1-3H3. The van der Waals surface area contributed by atoms with Gasteiger partial charge in [-0.3, -0.25) is 4.79 Å². The van der Waals surface area contributed by atoms with Crippen molar-refractivity contribution in [2.24, 2.45) is 11.8 Å². The molecule has 2 rings (SSSR count). The lowest BCUT2D eigenvalue weighted by Gasteiger charge is -2.31. The van der Waals surface area contributed by atoms with Gasteiger partial charge in [0.05, 0.1) is 12.8 Å². The molecule has 2 atom stereocenters. The zero-order valence-corrected chi connectivity index (χ0v) is 12.8. The second kappa shape index (κ2) is 6.78. The molecule has 0 amide bonds. The van der Waals surface area contributed by atoms with Crippen LogP contribution in [-0.4, -0.2) is 26.5 Å². The van der Waals surface area contributed by atoms with Gasteiger partial charge < -0.3 is 9.64 Å². The zero-order valence-electron chi connectivity index (χ0n) is 12.8. The molecule has 0 bridgehead atoms. The third-order valence-electron chi connectivity index (χ3n) is 4.44. The molecule has 3 heteroatoms. The summed E-state index contributed by atoms with van der Waals surface area (Å²) < 4.78 is 5.40. The number of methoxy groups -OCH3 is 1. The number of carbonyl (C=O) groups excluding carboxylic acids is 1. The lowest BCUT2D eigenvalue weighted by molar-refractivity contribution is -0.125. The quantitative estimate of drug-likeness (QED) is 0.823. The van der Waals surface area contributed by atoms with E-state index in [0.717, 1.165) is 37.2 Å². The molecule has 2 unspecified atom stereocenters. The Morgan fingerprint density at radius 3 is 2.80 bits per heavy atom. The SMILES string of the molecule is CCC1CCC(=O)C(CN(C)c2ccccc2OC)C1. The van der Waals surface area contributed by atoms with Gasteiger partial charge in [-0.1, -0.05) is 25.5 Å². The van der Waals surface area contributed by atoms with E-state index in [4.69, 9.17) is 4.74 Å². The fraction of sp³-hybridized carbons (Fsp3) is 0.588. The van der Waals surface area contributed by atoms with E-state index in [1.54, 1.807) is 7.11 Å². The molecule has 0 aromatic heterocycles. The number of Topliss-reactive ketones (excluding diaryl/α,β-unsaturated/α-hetero) is 1. The van der Waals surface area contributed by atoms with Crippen LogP contribution in [0.3, 0.4) is 0 Å². The summed E-state index contributed by atoms with van der Waals surface area (Å²) in [5.74, 6) is 2.18. The Kier molecular flexibility index (Phi) is 5.05. The van der Waals surface area contributed by atoms with E-state index < -0.39 is 0 Å². The van der Waals surface area contributed by atoms with Gasteiger partial charge in [0.25, 0.3) is 0 Å². The molecule has 0 saturated heterocycles. The molecular formula is C17H25NO2. The Labute approximate surface area is 121 Å². The molecule has 3 nitrogen and oxygen atoms in total. The van der Waals surface area contributed by atoms with Crippen molar-refractivity contribution in [1.82, 2.24) is 0 Å². The van der Waals surface area contributed by atoms with E-state index in [2.05, 4.69) is 11.8 Å². The highest BCUT2D eigenvalue weighted by atomic mass is 16.5. The van der Waals surface area contributed by atoms with Crippen LogP contribution in [0.1, 0.15) is 32.6 Å². The number of hydrogen-bond donors (Lipinski definition) is 0. The molecule has 1 aromatic carbocycles. The predicted octanol–water partition coefficient (Wildman–Crippen LogP) is 3.53. The van der Waals surface area contributed by atoms with Gasteiger partial charge in [-0.2, -0.15) is 0 Å². The number of nitrogens with zero attached hydrogens (tertiary/aromatic N) is 1. The molecule has 0 spiro atoms. The molecule has 20 heavy (non-hydrogen) atoms. The molecule has 1 aliphatic rings. The molecule has 0 radical (unpaired) electrons. The zero-order chi connectivity index (χ0) is 14.5. The fourth-order valence-corrected chi connectivity index (χ4v) is 3.12. The van der Waals surface area contributed by atoms with Crippen LogP contribution in [0.5, 0.6) is 5.75 Å². The number of carbonyl (C=O) groups is 1. The molecule has 110 valence electrons. The normalized spacial score (nSPS) is 22.6. The summed E-state index contributed by atoms with van der Waals surface area (Å²) in [7, 11) is 3.73. The summed E-state index contributed by atoms with van der Waals surface area (Å²) in [6.07, 6.45) is 4.05. The molecule has 0 aliphatic heterocycles. The molecule has 0 N–H and O–H groups in total. The van der Waals surface area contributed by atoms with E-state index >= 15 is 0 Å². The maximum absolute atomic E-state index is 12.1. The first-order valence-corrected chi connectivity index (χ1v) is 7.52. The third kappa shape index (κ3) is 3.33. The van der Waals surface area contributed by atoms with Crippen molar-refractivity contribution in [3.05, 3.63) is 24.3 Å². The van der Waals surface area contributed by atoms with Crippen molar-refractivity contribution in [2.75, 3.05) is 25.6 Å². The minimum absolute atomic E-state index is 0.170. The van der Waals surface area contributed by atoms with Crippen LogP contribution >= 0.6 is 0 Å². The summed E-state index contributed by atoms with van der Waals surface area (Å²) in [5.41, 5.74) is 1.06. The first-order chi connectivity index (χ1) is 9.65. The van der Waals surface area contributed by atoms with E-state index in [9.17, 15) is 4.79 Å². The van der Waals surface area contributed by atoms with Crippen LogP contribution in [0.4, 0.5) is 5.69 Å². The Bertz CT molecular complexity index is 458. The molecule has 1 fully saturated rings. The van der Waals surface area contributed by atoms with Crippen molar-refractivity contribution >= 4 is 11.5 Å². The highest BCUT2D eigenvalue weighted by Gasteiger charge is 2.29. The van der Waals surface area contributed by atoms with Crippen LogP contribution in [0, 0.1) is 11.8 Å². The van der Waals surface area contributed by atoms with Crippen molar-refractivity contribution in [3.8, 4) is 5.75 Å². The lowest BCUT2D eigenvalue weighted by atomic mass is 9.79. The van der Waals surface area contributed by atoms with Crippen molar-refractivity contribution in [1.29, 1.82) is 0 Å². The number of anilines is 1. The summed E-state index contributed by atoms with van der Waals surface area (Å²) in [4.78, 5) is 14.3. The number of para-hydroxylation sites is 2. The first kappa shape index (κ1) is 14.9. The largest absolute Gasteiger partial charge is 0.495 e. The van der Waals surface area contributed by atoms with Crippen LogP contribution in [0.25, 0.3) is 0 Å². The van der Waals surface area contributed by atoms with Crippen LogP contribution in [0.2, 0.25) is 0 Å². The second-order valence-electron chi connectivity index (χ2n) is 5.76. The summed E-state index contributed by atoms with van der Waals surface area (Å²) >= 11 is 0. The molecular weight excluding hydrogens is 250 g/mol. The van der Waals surface area contributed by atoms with Crippen molar-refractivity contribution in [3.63, 3.8) is 0 Å². The van der Waals surface area contributed by atoms with Gasteiger partial charge in [0.1, 0.15) is 11.5 Å². The number of ketones is 1. The topological polar surface area (TPSA) is 29.5 Å². The van der Waals surface area contributed by atoms with Gasteiger partial charge in [0.15, 0.2) is 0 Å². The minimum atomic E-state index is 0.170. The van der Waals surface area contributed by atoms with Crippen LogP contribution < -0.4 is 9.64 Å². The van der Waals surface area contributed by atoms with Gasteiger partial charge in [-0.15, -0.1) is 0 Å². The first-order valence-electron chi connectivity index (χ1n) is 7.52. The Balaban J connectivity index is 2.06. The van der Waals surface area contributed by atoms with Crippen molar-refractivity contribution < 1.29 is 9.53 Å². The monoisotopic (exact) mass is 275 g/mol. The minimum Gasteiger partial charge on any atom is -0.495 e. The third-order valence-corrected chi connectivity index (χ3v) is 4.44. The lowest BCUT2D eigenvalue weighted by Crippen LogP contribution is -2.34.